The summed E-state index contributed by atoms with van der Waals surface area (Å²) in [4.78, 5) is 11.0. The third kappa shape index (κ3) is 2.29. The van der Waals surface area contributed by atoms with Crippen molar-refractivity contribution in [3.05, 3.63) is 36.2 Å². The van der Waals surface area contributed by atoms with Crippen LogP contribution in [0.5, 0.6) is 0 Å². The number of nitrogens with two attached hydrogens (primary N) is 1. The molecule has 0 saturated heterocycles. The zero-order chi connectivity index (χ0) is 9.84. The molecule has 0 saturated carbocycles. The lowest BCUT2D eigenvalue weighted by atomic mass is 10.1. The van der Waals surface area contributed by atoms with E-state index in [2.05, 4.69) is 12.2 Å². The predicted molar refractivity (Wildman–Crippen MR) is 53.3 cm³/mol. The lowest BCUT2D eigenvalue weighted by Gasteiger charge is -2.08. The van der Waals surface area contributed by atoms with Gasteiger partial charge in [0, 0.05) is 5.69 Å². The highest BCUT2D eigenvalue weighted by atomic mass is 16.1. The number of carbonyl (C=O) groups is 1. The molecule has 1 rings (SSSR count). The van der Waals surface area contributed by atoms with Crippen LogP contribution in [0.4, 0.5) is 5.69 Å². The molecule has 0 fully saturated rings. The Bertz CT molecular complexity index is 321. The highest BCUT2D eigenvalue weighted by Gasteiger charge is 2.03. The van der Waals surface area contributed by atoms with Gasteiger partial charge in [-0.25, -0.2) is 0 Å². The summed E-state index contributed by atoms with van der Waals surface area (Å²) in [5.74, 6) is -0.199. The van der Waals surface area contributed by atoms with Crippen LogP contribution in [0, 0.1) is 13.8 Å². The van der Waals surface area contributed by atoms with Gasteiger partial charge in [-0.2, -0.15) is 0 Å². The van der Waals surface area contributed by atoms with E-state index in [1.165, 1.54) is 0 Å². The summed E-state index contributed by atoms with van der Waals surface area (Å²) in [5.41, 5.74) is 7.80. The van der Waals surface area contributed by atoms with Crippen molar-refractivity contribution in [1.29, 1.82) is 0 Å². The van der Waals surface area contributed by atoms with Crippen molar-refractivity contribution in [2.45, 2.75) is 6.92 Å². The van der Waals surface area contributed by atoms with Gasteiger partial charge in [0.1, 0.15) is 0 Å². The van der Waals surface area contributed by atoms with Gasteiger partial charge in [-0.05, 0) is 31.0 Å². The molecular formula is C10H13N2O. The first kappa shape index (κ1) is 9.74. The molecule has 0 aliphatic carbocycles. The Morgan fingerprint density at radius 1 is 1.62 bits per heavy atom. The van der Waals surface area contributed by atoms with Crippen LogP contribution < -0.4 is 11.1 Å². The maximum Gasteiger partial charge on any atom is 0.238 e. The lowest BCUT2D eigenvalue weighted by molar-refractivity contribution is -0.114. The highest BCUT2D eigenvalue weighted by Crippen LogP contribution is 2.17. The summed E-state index contributed by atoms with van der Waals surface area (Å²) < 4.78 is 0. The molecule has 1 amide bonds. The van der Waals surface area contributed by atoms with Crippen molar-refractivity contribution in [3.8, 4) is 0 Å². The molecule has 1 radical (unpaired) electrons. The molecule has 69 valence electrons. The predicted octanol–water partition coefficient (Wildman–Crippen LogP) is 1.07. The quantitative estimate of drug-likeness (QED) is 0.710. The number of hydrogen-bond donors (Lipinski definition) is 2. The Hall–Kier alpha value is -1.35. The Morgan fingerprint density at radius 2 is 2.31 bits per heavy atom. The number of hydrogen-bond acceptors (Lipinski definition) is 2. The molecule has 0 aliphatic heterocycles. The number of carbonyl (C=O) groups excluding carboxylic acids is 1. The molecule has 3 N–H and O–H groups in total. The maximum atomic E-state index is 11.0. The van der Waals surface area contributed by atoms with Crippen LogP contribution >= 0.6 is 0 Å². The average Bonchev–Trinajstić information content (AvgIpc) is 2.13. The molecular weight excluding hydrogens is 164 g/mol. The number of rotatable bonds is 2. The fourth-order valence-electron chi connectivity index (χ4n) is 1.02. The maximum absolute atomic E-state index is 11.0. The fourth-order valence-corrected chi connectivity index (χ4v) is 1.02. The molecule has 3 heteroatoms. The standard InChI is InChI=1S/C10H13N2O/c1-7-4-3-5-9(8(7)2)12-10(13)6-11/h3-5H,2,6,11H2,1H3,(H,12,13). The van der Waals surface area contributed by atoms with Crippen molar-refractivity contribution in [2.75, 3.05) is 11.9 Å². The first-order valence-electron chi connectivity index (χ1n) is 4.06. The van der Waals surface area contributed by atoms with E-state index >= 15 is 0 Å². The Labute approximate surface area is 77.9 Å². The molecule has 0 atom stereocenters. The van der Waals surface area contributed by atoms with Crippen molar-refractivity contribution in [2.24, 2.45) is 5.73 Å². The van der Waals surface area contributed by atoms with Crippen LogP contribution in [0.3, 0.4) is 0 Å². The van der Waals surface area contributed by atoms with Gasteiger partial charge in [-0.15, -0.1) is 0 Å². The Morgan fingerprint density at radius 3 is 2.92 bits per heavy atom. The van der Waals surface area contributed by atoms with Gasteiger partial charge >= 0.3 is 0 Å². The monoisotopic (exact) mass is 177 g/mol. The normalized spacial score (nSPS) is 9.77. The first-order valence-corrected chi connectivity index (χ1v) is 4.06. The van der Waals surface area contributed by atoms with E-state index in [1.54, 1.807) is 0 Å². The summed E-state index contributed by atoms with van der Waals surface area (Å²) in [5, 5.41) is 2.67. The molecule has 0 spiro atoms. The lowest BCUT2D eigenvalue weighted by Crippen LogP contribution is -2.22. The third-order valence-corrected chi connectivity index (χ3v) is 1.87. The van der Waals surface area contributed by atoms with E-state index < -0.39 is 0 Å². The summed E-state index contributed by atoms with van der Waals surface area (Å²) >= 11 is 0. The summed E-state index contributed by atoms with van der Waals surface area (Å²) in [7, 11) is 0. The zero-order valence-electron chi connectivity index (χ0n) is 7.63. The SMILES string of the molecule is [CH2]c1c(C)cccc1NC(=O)CN. The van der Waals surface area contributed by atoms with Gasteiger partial charge in [0.15, 0.2) is 0 Å². The minimum Gasteiger partial charge on any atom is -0.325 e. The molecule has 0 unspecified atom stereocenters. The molecule has 13 heavy (non-hydrogen) atoms. The summed E-state index contributed by atoms with van der Waals surface area (Å²) in [6.45, 7) is 5.79. The molecule has 0 heterocycles. The number of amides is 1. The van der Waals surface area contributed by atoms with Crippen LogP contribution in [-0.4, -0.2) is 12.5 Å². The topological polar surface area (TPSA) is 55.1 Å². The summed E-state index contributed by atoms with van der Waals surface area (Å²) in [6, 6.07) is 5.62. The van der Waals surface area contributed by atoms with Crippen LogP contribution in [0.15, 0.2) is 18.2 Å². The van der Waals surface area contributed by atoms with Crippen molar-refractivity contribution in [3.63, 3.8) is 0 Å². The first-order chi connectivity index (χ1) is 6.15. The molecule has 0 bridgehead atoms. The second-order valence-corrected chi connectivity index (χ2v) is 2.85. The van der Waals surface area contributed by atoms with Gasteiger partial charge in [-0.1, -0.05) is 12.1 Å². The second kappa shape index (κ2) is 4.05. The van der Waals surface area contributed by atoms with E-state index in [4.69, 9.17) is 5.73 Å². The number of benzene rings is 1. The van der Waals surface area contributed by atoms with Crippen LogP contribution in [-0.2, 0) is 4.79 Å². The Kier molecular flexibility index (Phi) is 3.03. The molecule has 1 aromatic rings. The van der Waals surface area contributed by atoms with Crippen molar-refractivity contribution in [1.82, 2.24) is 0 Å². The highest BCUT2D eigenvalue weighted by molar-refractivity contribution is 5.93. The third-order valence-electron chi connectivity index (χ3n) is 1.87. The van der Waals surface area contributed by atoms with Gasteiger partial charge in [0.05, 0.1) is 6.54 Å². The number of aryl methyl sites for hydroxylation is 1. The molecule has 0 aliphatic rings. The van der Waals surface area contributed by atoms with E-state index in [0.717, 1.165) is 16.8 Å². The minimum atomic E-state index is -0.199. The van der Waals surface area contributed by atoms with Crippen LogP contribution in [0.1, 0.15) is 11.1 Å². The minimum absolute atomic E-state index is 0.00657. The van der Waals surface area contributed by atoms with Crippen LogP contribution in [0.2, 0.25) is 0 Å². The second-order valence-electron chi connectivity index (χ2n) is 2.85. The Balaban J connectivity index is 2.89. The smallest absolute Gasteiger partial charge is 0.238 e. The zero-order valence-corrected chi connectivity index (χ0v) is 7.63. The average molecular weight is 177 g/mol. The molecule has 0 aromatic heterocycles. The number of anilines is 1. The summed E-state index contributed by atoms with van der Waals surface area (Å²) in [6.07, 6.45) is 0. The number of nitrogens with one attached hydrogen (secondary N) is 1. The van der Waals surface area contributed by atoms with Crippen LogP contribution in [0.25, 0.3) is 0 Å². The van der Waals surface area contributed by atoms with Gasteiger partial charge in [0.2, 0.25) is 5.91 Å². The van der Waals surface area contributed by atoms with E-state index in [9.17, 15) is 4.79 Å². The molecule has 1 aromatic carbocycles. The van der Waals surface area contributed by atoms with Crippen molar-refractivity contribution < 1.29 is 4.79 Å². The van der Waals surface area contributed by atoms with Crippen molar-refractivity contribution >= 4 is 11.6 Å². The van der Waals surface area contributed by atoms with Gasteiger partial charge < -0.3 is 11.1 Å². The van der Waals surface area contributed by atoms with Gasteiger partial charge in [0.25, 0.3) is 0 Å². The largest absolute Gasteiger partial charge is 0.325 e. The van der Waals surface area contributed by atoms with E-state index in [1.807, 2.05) is 25.1 Å². The van der Waals surface area contributed by atoms with Gasteiger partial charge in [-0.3, -0.25) is 4.79 Å². The molecule has 3 nitrogen and oxygen atoms in total. The van der Waals surface area contributed by atoms with E-state index in [0.29, 0.717) is 0 Å². The van der Waals surface area contributed by atoms with E-state index in [-0.39, 0.29) is 12.5 Å². The fraction of sp³-hybridized carbons (Fsp3) is 0.200.